The number of fused-ring (bicyclic) bond motifs is 1. The van der Waals surface area contributed by atoms with Gasteiger partial charge in [0.15, 0.2) is 0 Å². The summed E-state index contributed by atoms with van der Waals surface area (Å²) < 4.78 is 0. The van der Waals surface area contributed by atoms with Crippen LogP contribution in [0.5, 0.6) is 0 Å². The molecule has 0 fully saturated rings. The van der Waals surface area contributed by atoms with Gasteiger partial charge in [0, 0.05) is 5.69 Å². The van der Waals surface area contributed by atoms with Crippen LogP contribution < -0.4 is 10.6 Å². The monoisotopic (exact) mass is 275 g/mol. The molecule has 1 aliphatic rings. The van der Waals surface area contributed by atoms with Crippen LogP contribution in [0.3, 0.4) is 0 Å². The Balaban J connectivity index is 2.06. The predicted octanol–water partition coefficient (Wildman–Crippen LogP) is 2.01. The standard InChI is InChI=1S/C19H22BN/c1-2-6-18-15(11-14-7-4-3-5-8-14)12-16-13-17(20)9-10-19(16)21-18/h3-5,7-8,10,12-13,17H,2,6,9,11,20H2,1H3. The first-order valence-corrected chi connectivity index (χ1v) is 8.01. The van der Waals surface area contributed by atoms with Gasteiger partial charge in [-0.3, -0.25) is 4.98 Å². The Morgan fingerprint density at radius 2 is 2.05 bits per heavy atom. The Hall–Kier alpha value is -1.83. The predicted molar refractivity (Wildman–Crippen MR) is 92.6 cm³/mol. The van der Waals surface area contributed by atoms with Crippen molar-refractivity contribution in [3.63, 3.8) is 0 Å². The fraction of sp³-hybridized carbons (Fsp3) is 0.316. The van der Waals surface area contributed by atoms with Gasteiger partial charge in [-0.25, -0.2) is 0 Å². The van der Waals surface area contributed by atoms with E-state index in [1.165, 1.54) is 27.4 Å². The third-order valence-electron chi connectivity index (χ3n) is 4.12. The van der Waals surface area contributed by atoms with Crippen molar-refractivity contribution in [3.05, 3.63) is 63.8 Å². The molecule has 0 spiro atoms. The maximum absolute atomic E-state index is 4.95. The summed E-state index contributed by atoms with van der Waals surface area (Å²) in [6.45, 7) is 2.23. The van der Waals surface area contributed by atoms with E-state index >= 15 is 0 Å². The zero-order valence-electron chi connectivity index (χ0n) is 13.0. The SMILES string of the molecule is BC1C=c2cc(Cc3ccccc3)c(CCC)nc2=CC1. The van der Waals surface area contributed by atoms with Gasteiger partial charge in [0.1, 0.15) is 7.85 Å². The normalized spacial score (nSPS) is 16.7. The number of pyridine rings is 1. The van der Waals surface area contributed by atoms with Crippen molar-refractivity contribution < 1.29 is 0 Å². The Morgan fingerprint density at radius 3 is 2.81 bits per heavy atom. The molecule has 2 aromatic rings. The van der Waals surface area contributed by atoms with Crippen molar-refractivity contribution in [2.75, 3.05) is 0 Å². The van der Waals surface area contributed by atoms with Crippen LogP contribution >= 0.6 is 0 Å². The third-order valence-corrected chi connectivity index (χ3v) is 4.12. The van der Waals surface area contributed by atoms with Crippen LogP contribution in [0.25, 0.3) is 12.2 Å². The van der Waals surface area contributed by atoms with E-state index in [0.717, 1.165) is 25.7 Å². The molecule has 1 aliphatic carbocycles. The highest BCUT2D eigenvalue weighted by Gasteiger charge is 2.09. The van der Waals surface area contributed by atoms with Gasteiger partial charge >= 0.3 is 0 Å². The number of hydrogen-bond donors (Lipinski definition) is 0. The largest absolute Gasteiger partial charge is 0.253 e. The van der Waals surface area contributed by atoms with Gasteiger partial charge < -0.3 is 0 Å². The first-order chi connectivity index (χ1) is 10.3. The maximum atomic E-state index is 4.95. The summed E-state index contributed by atoms with van der Waals surface area (Å²) in [5.41, 5.74) is 4.03. The number of nitrogens with zero attached hydrogens (tertiary/aromatic N) is 1. The van der Waals surface area contributed by atoms with E-state index in [9.17, 15) is 0 Å². The van der Waals surface area contributed by atoms with Crippen molar-refractivity contribution in [2.24, 2.45) is 0 Å². The lowest BCUT2D eigenvalue weighted by molar-refractivity contribution is 0.848. The van der Waals surface area contributed by atoms with E-state index in [2.05, 4.69) is 63.3 Å². The third kappa shape index (κ3) is 3.26. The van der Waals surface area contributed by atoms with Crippen molar-refractivity contribution in [2.45, 2.75) is 38.4 Å². The molecular formula is C19H22BN. The van der Waals surface area contributed by atoms with E-state index in [4.69, 9.17) is 4.98 Å². The summed E-state index contributed by atoms with van der Waals surface area (Å²) in [6, 6.07) is 13.1. The molecule has 3 rings (SSSR count). The molecule has 0 bridgehead atoms. The van der Waals surface area contributed by atoms with E-state index in [0.29, 0.717) is 5.82 Å². The van der Waals surface area contributed by atoms with Crippen LogP contribution in [0.2, 0.25) is 5.82 Å². The van der Waals surface area contributed by atoms with Crippen molar-refractivity contribution in [1.82, 2.24) is 4.98 Å². The first-order valence-electron chi connectivity index (χ1n) is 8.01. The zero-order valence-corrected chi connectivity index (χ0v) is 13.0. The van der Waals surface area contributed by atoms with E-state index in [-0.39, 0.29) is 0 Å². The lowest BCUT2D eigenvalue weighted by Crippen LogP contribution is -2.33. The van der Waals surface area contributed by atoms with Crippen LogP contribution in [0.1, 0.15) is 36.6 Å². The first kappa shape index (κ1) is 14.1. The van der Waals surface area contributed by atoms with Gasteiger partial charge in [-0.2, -0.15) is 0 Å². The molecule has 1 nitrogen and oxygen atoms in total. The summed E-state index contributed by atoms with van der Waals surface area (Å²) >= 11 is 0. The lowest BCUT2D eigenvalue weighted by Gasteiger charge is -2.13. The second-order valence-electron chi connectivity index (χ2n) is 6.06. The lowest BCUT2D eigenvalue weighted by atomic mass is 9.81. The highest BCUT2D eigenvalue weighted by Crippen LogP contribution is 2.14. The molecule has 1 atom stereocenters. The van der Waals surface area contributed by atoms with Crippen LogP contribution in [0.15, 0.2) is 36.4 Å². The molecule has 0 N–H and O–H groups in total. The average molecular weight is 275 g/mol. The number of benzene rings is 1. The van der Waals surface area contributed by atoms with Gasteiger partial charge in [-0.15, -0.1) is 0 Å². The molecule has 0 radical (unpaired) electrons. The van der Waals surface area contributed by atoms with Gasteiger partial charge in [-0.1, -0.05) is 55.8 Å². The molecule has 106 valence electrons. The molecule has 1 aromatic heterocycles. The molecule has 0 amide bonds. The summed E-state index contributed by atoms with van der Waals surface area (Å²) in [6.07, 6.45) is 8.98. The van der Waals surface area contributed by atoms with Crippen LogP contribution in [-0.2, 0) is 12.8 Å². The summed E-state index contributed by atoms with van der Waals surface area (Å²) in [5, 5.41) is 2.51. The van der Waals surface area contributed by atoms with Gasteiger partial charge in [-0.05, 0) is 47.5 Å². The fourth-order valence-electron chi connectivity index (χ4n) is 3.02. The minimum absolute atomic E-state index is 0.626. The molecule has 0 saturated carbocycles. The van der Waals surface area contributed by atoms with Crippen molar-refractivity contribution >= 4 is 20.0 Å². The highest BCUT2D eigenvalue weighted by molar-refractivity contribution is 6.15. The summed E-state index contributed by atoms with van der Waals surface area (Å²) in [4.78, 5) is 4.95. The number of hydrogen-bond acceptors (Lipinski definition) is 1. The Labute approximate surface area is 127 Å². The second kappa shape index (κ2) is 6.30. The quantitative estimate of drug-likeness (QED) is 0.778. The molecular weight excluding hydrogens is 253 g/mol. The molecule has 1 heterocycles. The molecule has 1 aromatic carbocycles. The van der Waals surface area contributed by atoms with Crippen molar-refractivity contribution in [3.8, 4) is 0 Å². The van der Waals surface area contributed by atoms with Crippen molar-refractivity contribution in [1.29, 1.82) is 0 Å². The molecule has 2 heteroatoms. The summed E-state index contributed by atoms with van der Waals surface area (Å²) in [5.74, 6) is 0.626. The summed E-state index contributed by atoms with van der Waals surface area (Å²) in [7, 11) is 2.27. The number of aryl methyl sites for hydroxylation is 1. The second-order valence-corrected chi connectivity index (χ2v) is 6.06. The molecule has 1 unspecified atom stereocenters. The minimum Gasteiger partial charge on any atom is -0.253 e. The zero-order chi connectivity index (χ0) is 14.7. The highest BCUT2D eigenvalue weighted by atomic mass is 14.7. The average Bonchev–Trinajstić information content (AvgIpc) is 2.49. The topological polar surface area (TPSA) is 12.9 Å². The van der Waals surface area contributed by atoms with Crippen LogP contribution in [0.4, 0.5) is 0 Å². The van der Waals surface area contributed by atoms with Gasteiger partial charge in [0.25, 0.3) is 0 Å². The smallest absolute Gasteiger partial charge is 0.110 e. The van der Waals surface area contributed by atoms with E-state index in [1.807, 2.05) is 0 Å². The number of aromatic nitrogens is 1. The number of rotatable bonds is 4. The minimum atomic E-state index is 0.626. The molecule has 0 saturated heterocycles. The maximum Gasteiger partial charge on any atom is 0.110 e. The van der Waals surface area contributed by atoms with Crippen LogP contribution in [0, 0.1) is 0 Å². The molecule has 0 aliphatic heterocycles. The fourth-order valence-corrected chi connectivity index (χ4v) is 3.02. The molecule has 21 heavy (non-hydrogen) atoms. The van der Waals surface area contributed by atoms with E-state index < -0.39 is 0 Å². The Morgan fingerprint density at radius 1 is 1.24 bits per heavy atom. The van der Waals surface area contributed by atoms with Gasteiger partial charge in [0.2, 0.25) is 0 Å². The Kier molecular flexibility index (Phi) is 4.24. The van der Waals surface area contributed by atoms with Crippen LogP contribution in [-0.4, -0.2) is 12.8 Å². The van der Waals surface area contributed by atoms with E-state index in [1.54, 1.807) is 0 Å². The Bertz CT molecular complexity index is 734. The van der Waals surface area contributed by atoms with Gasteiger partial charge in [0.05, 0.1) is 5.35 Å².